The zero-order chi connectivity index (χ0) is 9.47. The van der Waals surface area contributed by atoms with Crippen molar-refractivity contribution >= 4 is 0 Å². The van der Waals surface area contributed by atoms with Crippen molar-refractivity contribution in [2.75, 3.05) is 13.2 Å². The first-order valence-corrected chi connectivity index (χ1v) is 5.74. The highest BCUT2D eigenvalue weighted by atomic mass is 16.5. The van der Waals surface area contributed by atoms with E-state index in [1.54, 1.807) is 0 Å². The summed E-state index contributed by atoms with van der Waals surface area (Å²) in [7, 11) is 0. The molecule has 0 amide bonds. The third-order valence-corrected chi connectivity index (χ3v) is 4.53. The van der Waals surface area contributed by atoms with Gasteiger partial charge in [-0.15, -0.1) is 0 Å². The van der Waals surface area contributed by atoms with Crippen LogP contribution in [0.4, 0.5) is 0 Å². The molecule has 2 saturated carbocycles. The second kappa shape index (κ2) is 3.27. The van der Waals surface area contributed by atoms with Gasteiger partial charge in [-0.2, -0.15) is 0 Å². The van der Waals surface area contributed by atoms with Gasteiger partial charge in [-0.05, 0) is 49.4 Å². The second-order valence-electron chi connectivity index (χ2n) is 5.36. The van der Waals surface area contributed by atoms with E-state index in [9.17, 15) is 0 Å². The van der Waals surface area contributed by atoms with Gasteiger partial charge in [-0.25, -0.2) is 0 Å². The maximum atomic E-state index is 5.56. The molecule has 13 heavy (non-hydrogen) atoms. The number of fused-ring (bicyclic) bond motifs is 2. The zero-order valence-corrected chi connectivity index (χ0v) is 9.18. The zero-order valence-electron chi connectivity index (χ0n) is 9.18. The molecule has 76 valence electrons. The molecule has 0 aromatic heterocycles. The molecule has 0 radical (unpaired) electrons. The molecule has 3 unspecified atom stereocenters. The average Bonchev–Trinajstić information content (AvgIpc) is 2.52. The molecule has 2 fully saturated rings. The largest absolute Gasteiger partial charge is 0.381 e. The summed E-state index contributed by atoms with van der Waals surface area (Å²) >= 11 is 0. The van der Waals surface area contributed by atoms with E-state index in [4.69, 9.17) is 4.74 Å². The third-order valence-electron chi connectivity index (χ3n) is 4.53. The fourth-order valence-electron chi connectivity index (χ4n) is 3.68. The van der Waals surface area contributed by atoms with E-state index in [2.05, 4.69) is 20.8 Å². The number of ether oxygens (including phenoxy) is 1. The van der Waals surface area contributed by atoms with Crippen LogP contribution >= 0.6 is 0 Å². The van der Waals surface area contributed by atoms with Crippen molar-refractivity contribution < 1.29 is 4.74 Å². The SMILES string of the molecule is CCOCC1CC2CCC1C2(C)C. The summed E-state index contributed by atoms with van der Waals surface area (Å²) in [5.41, 5.74) is 0.613. The maximum absolute atomic E-state index is 5.56. The molecule has 0 N–H and O–H groups in total. The summed E-state index contributed by atoms with van der Waals surface area (Å²) in [6.45, 7) is 8.91. The van der Waals surface area contributed by atoms with Crippen LogP contribution in [0.1, 0.15) is 40.0 Å². The van der Waals surface area contributed by atoms with Gasteiger partial charge in [0.1, 0.15) is 0 Å². The number of hydrogen-bond acceptors (Lipinski definition) is 1. The van der Waals surface area contributed by atoms with Gasteiger partial charge in [0.15, 0.2) is 0 Å². The summed E-state index contributed by atoms with van der Waals surface area (Å²) in [6.07, 6.45) is 4.35. The van der Waals surface area contributed by atoms with E-state index in [1.807, 2.05) is 0 Å². The standard InChI is InChI=1S/C12H22O/c1-4-13-8-9-7-10-5-6-11(9)12(10,2)3/h9-11H,4-8H2,1-3H3. The predicted molar refractivity (Wildman–Crippen MR) is 54.6 cm³/mol. The first-order chi connectivity index (χ1) is 6.16. The Bertz CT molecular complexity index is 186. The fourth-order valence-corrected chi connectivity index (χ4v) is 3.68. The van der Waals surface area contributed by atoms with Gasteiger partial charge in [0.25, 0.3) is 0 Å². The van der Waals surface area contributed by atoms with Crippen molar-refractivity contribution in [3.05, 3.63) is 0 Å². The molecule has 1 heteroatoms. The minimum absolute atomic E-state index is 0.613. The molecule has 0 heterocycles. The van der Waals surface area contributed by atoms with Gasteiger partial charge in [0.05, 0.1) is 0 Å². The van der Waals surface area contributed by atoms with Crippen molar-refractivity contribution in [2.24, 2.45) is 23.2 Å². The van der Waals surface area contributed by atoms with Crippen molar-refractivity contribution in [1.82, 2.24) is 0 Å². The molecule has 1 nitrogen and oxygen atoms in total. The molecule has 0 aromatic rings. The lowest BCUT2D eigenvalue weighted by molar-refractivity contribution is 0.0795. The molecule has 3 atom stereocenters. The summed E-state index contributed by atoms with van der Waals surface area (Å²) in [6, 6.07) is 0. The summed E-state index contributed by atoms with van der Waals surface area (Å²) < 4.78 is 5.56. The van der Waals surface area contributed by atoms with Crippen LogP contribution < -0.4 is 0 Å². The number of hydrogen-bond donors (Lipinski definition) is 0. The fraction of sp³-hybridized carbons (Fsp3) is 1.00. The van der Waals surface area contributed by atoms with Crippen molar-refractivity contribution in [3.63, 3.8) is 0 Å². The lowest BCUT2D eigenvalue weighted by atomic mass is 9.80. The van der Waals surface area contributed by atoms with E-state index in [1.165, 1.54) is 19.3 Å². The van der Waals surface area contributed by atoms with Crippen LogP contribution in [0, 0.1) is 23.2 Å². The van der Waals surface area contributed by atoms with Crippen LogP contribution in [0.25, 0.3) is 0 Å². The summed E-state index contributed by atoms with van der Waals surface area (Å²) in [4.78, 5) is 0. The minimum Gasteiger partial charge on any atom is -0.381 e. The van der Waals surface area contributed by atoms with Crippen LogP contribution in [0.2, 0.25) is 0 Å². The first kappa shape index (κ1) is 9.51. The second-order valence-corrected chi connectivity index (χ2v) is 5.36. The van der Waals surface area contributed by atoms with Crippen LogP contribution in [0.5, 0.6) is 0 Å². The van der Waals surface area contributed by atoms with Crippen molar-refractivity contribution in [3.8, 4) is 0 Å². The van der Waals surface area contributed by atoms with E-state index in [0.717, 1.165) is 31.0 Å². The normalized spacial score (nSPS) is 41.3. The first-order valence-electron chi connectivity index (χ1n) is 5.74. The van der Waals surface area contributed by atoms with Gasteiger partial charge in [0.2, 0.25) is 0 Å². The van der Waals surface area contributed by atoms with E-state index in [0.29, 0.717) is 5.41 Å². The molecule has 2 bridgehead atoms. The molecule has 0 spiro atoms. The van der Waals surface area contributed by atoms with Crippen LogP contribution in [-0.2, 0) is 4.74 Å². The Morgan fingerprint density at radius 3 is 2.54 bits per heavy atom. The minimum atomic E-state index is 0.613. The Hall–Kier alpha value is -0.0400. The van der Waals surface area contributed by atoms with Gasteiger partial charge in [-0.3, -0.25) is 0 Å². The average molecular weight is 182 g/mol. The highest BCUT2D eigenvalue weighted by molar-refractivity contribution is 5.02. The lowest BCUT2D eigenvalue weighted by Gasteiger charge is -2.26. The van der Waals surface area contributed by atoms with Gasteiger partial charge >= 0.3 is 0 Å². The quantitative estimate of drug-likeness (QED) is 0.651. The van der Waals surface area contributed by atoms with Gasteiger partial charge in [0, 0.05) is 13.2 Å². The predicted octanol–water partition coefficient (Wildman–Crippen LogP) is 3.10. The lowest BCUT2D eigenvalue weighted by Crippen LogP contribution is -2.22. The van der Waals surface area contributed by atoms with Crippen molar-refractivity contribution in [1.29, 1.82) is 0 Å². The van der Waals surface area contributed by atoms with Gasteiger partial charge in [-0.1, -0.05) is 13.8 Å². The van der Waals surface area contributed by atoms with Crippen molar-refractivity contribution in [2.45, 2.75) is 40.0 Å². The smallest absolute Gasteiger partial charge is 0.0497 e. The monoisotopic (exact) mass is 182 g/mol. The van der Waals surface area contributed by atoms with Crippen LogP contribution in [0.3, 0.4) is 0 Å². The molecule has 0 saturated heterocycles. The molecular weight excluding hydrogens is 160 g/mol. The Labute approximate surface area is 81.9 Å². The molecule has 2 aliphatic rings. The maximum Gasteiger partial charge on any atom is 0.0497 e. The molecule has 0 aliphatic heterocycles. The van der Waals surface area contributed by atoms with E-state index >= 15 is 0 Å². The Balaban J connectivity index is 1.97. The molecule has 2 aliphatic carbocycles. The van der Waals surface area contributed by atoms with Gasteiger partial charge < -0.3 is 4.74 Å². The Morgan fingerprint density at radius 2 is 2.08 bits per heavy atom. The Kier molecular flexibility index (Phi) is 2.39. The molecular formula is C12H22O. The third kappa shape index (κ3) is 1.41. The summed E-state index contributed by atoms with van der Waals surface area (Å²) in [5, 5.41) is 0. The van der Waals surface area contributed by atoms with Crippen LogP contribution in [-0.4, -0.2) is 13.2 Å². The summed E-state index contributed by atoms with van der Waals surface area (Å²) in [5.74, 6) is 2.81. The topological polar surface area (TPSA) is 9.23 Å². The highest BCUT2D eigenvalue weighted by Crippen LogP contribution is 2.60. The van der Waals surface area contributed by atoms with Crippen LogP contribution in [0.15, 0.2) is 0 Å². The highest BCUT2D eigenvalue weighted by Gasteiger charge is 2.52. The van der Waals surface area contributed by atoms with E-state index in [-0.39, 0.29) is 0 Å². The Morgan fingerprint density at radius 1 is 1.31 bits per heavy atom. The number of rotatable bonds is 3. The molecule has 2 rings (SSSR count). The van der Waals surface area contributed by atoms with E-state index < -0.39 is 0 Å². The molecule has 0 aromatic carbocycles.